The van der Waals surface area contributed by atoms with Crippen LogP contribution in [0.1, 0.15) is 5.56 Å². The molecule has 0 aromatic heterocycles. The van der Waals surface area contributed by atoms with Gasteiger partial charge in [0.2, 0.25) is 0 Å². The second-order valence-corrected chi connectivity index (χ2v) is 2.50. The summed E-state index contributed by atoms with van der Waals surface area (Å²) in [5, 5.41) is 8.26. The molecule has 1 rings (SSSR count). The van der Waals surface area contributed by atoms with Crippen molar-refractivity contribution < 1.29 is 0 Å². The van der Waals surface area contributed by atoms with Gasteiger partial charge in [-0.3, -0.25) is 0 Å². The van der Waals surface area contributed by atoms with Gasteiger partial charge in [-0.1, -0.05) is 18.2 Å². The zero-order chi connectivity index (χ0) is 8.10. The molecular weight excluding hydrogens is 154 g/mol. The number of hydrogen-bond donors (Lipinski definition) is 1. The van der Waals surface area contributed by atoms with E-state index in [0.717, 1.165) is 10.5 Å². The van der Waals surface area contributed by atoms with Crippen LogP contribution in [0.15, 0.2) is 35.2 Å². The summed E-state index contributed by atoms with van der Waals surface area (Å²) in [5.41, 5.74) is 0.970. The number of nitrogens with zero attached hydrogens (tertiary/aromatic N) is 1. The number of allylic oxidation sites excluding steroid dienone is 1. The van der Waals surface area contributed by atoms with Crippen molar-refractivity contribution in [1.29, 1.82) is 5.26 Å². The molecule has 11 heavy (non-hydrogen) atoms. The highest BCUT2D eigenvalue weighted by molar-refractivity contribution is 7.80. The zero-order valence-electron chi connectivity index (χ0n) is 5.86. The first-order valence-corrected chi connectivity index (χ1v) is 3.63. The average Bonchev–Trinajstić information content (AvgIpc) is 2.03. The Morgan fingerprint density at radius 3 is 2.73 bits per heavy atom. The van der Waals surface area contributed by atoms with E-state index in [4.69, 9.17) is 5.26 Å². The van der Waals surface area contributed by atoms with Crippen LogP contribution in [0.25, 0.3) is 6.08 Å². The van der Waals surface area contributed by atoms with Gasteiger partial charge < -0.3 is 0 Å². The van der Waals surface area contributed by atoms with Gasteiger partial charge in [0.15, 0.2) is 0 Å². The summed E-state index contributed by atoms with van der Waals surface area (Å²) < 4.78 is 0. The molecule has 1 nitrogen and oxygen atoms in total. The Bertz CT molecular complexity index is 310. The van der Waals surface area contributed by atoms with Crippen molar-refractivity contribution in [2.45, 2.75) is 4.90 Å². The van der Waals surface area contributed by atoms with E-state index < -0.39 is 0 Å². The van der Waals surface area contributed by atoms with Crippen molar-refractivity contribution >= 4 is 18.7 Å². The summed E-state index contributed by atoms with van der Waals surface area (Å²) >= 11 is 4.21. The summed E-state index contributed by atoms with van der Waals surface area (Å²) in [6.45, 7) is 0. The number of nitriles is 1. The van der Waals surface area contributed by atoms with E-state index in [2.05, 4.69) is 12.6 Å². The lowest BCUT2D eigenvalue weighted by Gasteiger charge is -1.94. The Morgan fingerprint density at radius 2 is 2.09 bits per heavy atom. The molecule has 0 fully saturated rings. The van der Waals surface area contributed by atoms with E-state index in [-0.39, 0.29) is 0 Å². The fourth-order valence-corrected chi connectivity index (χ4v) is 0.991. The minimum atomic E-state index is 0.888. The number of rotatable bonds is 1. The summed E-state index contributed by atoms with van der Waals surface area (Å²) in [5.74, 6) is 0. The lowest BCUT2D eigenvalue weighted by molar-refractivity contribution is 1.43. The maximum Gasteiger partial charge on any atom is 0.0912 e. The van der Waals surface area contributed by atoms with Gasteiger partial charge in [0.25, 0.3) is 0 Å². The average molecular weight is 161 g/mol. The van der Waals surface area contributed by atoms with E-state index in [9.17, 15) is 0 Å². The van der Waals surface area contributed by atoms with Gasteiger partial charge in [-0.15, -0.1) is 12.6 Å². The van der Waals surface area contributed by atoms with Gasteiger partial charge in [0, 0.05) is 11.0 Å². The van der Waals surface area contributed by atoms with Crippen LogP contribution >= 0.6 is 12.6 Å². The van der Waals surface area contributed by atoms with Crippen LogP contribution in [-0.4, -0.2) is 0 Å². The molecule has 0 aliphatic heterocycles. The van der Waals surface area contributed by atoms with Crippen molar-refractivity contribution in [3.05, 3.63) is 35.9 Å². The molecule has 0 atom stereocenters. The Morgan fingerprint density at radius 1 is 1.36 bits per heavy atom. The van der Waals surface area contributed by atoms with E-state index >= 15 is 0 Å². The lowest BCUT2D eigenvalue weighted by Crippen LogP contribution is -1.72. The van der Waals surface area contributed by atoms with Crippen molar-refractivity contribution in [3.63, 3.8) is 0 Å². The molecule has 0 radical (unpaired) electrons. The van der Waals surface area contributed by atoms with Crippen molar-refractivity contribution in [3.8, 4) is 6.07 Å². The van der Waals surface area contributed by atoms with Gasteiger partial charge in [-0.05, 0) is 17.7 Å². The molecular formula is C9H7NS. The van der Waals surface area contributed by atoms with Crippen LogP contribution in [0.3, 0.4) is 0 Å². The summed E-state index contributed by atoms with van der Waals surface area (Å²) in [7, 11) is 0. The van der Waals surface area contributed by atoms with Crippen LogP contribution in [0.4, 0.5) is 0 Å². The molecule has 0 spiro atoms. The molecule has 0 heterocycles. The highest BCUT2D eigenvalue weighted by Gasteiger charge is 1.89. The molecule has 0 saturated carbocycles. The predicted molar refractivity (Wildman–Crippen MR) is 48.3 cm³/mol. The fourth-order valence-electron chi connectivity index (χ4n) is 0.756. The lowest BCUT2D eigenvalue weighted by atomic mass is 10.2. The van der Waals surface area contributed by atoms with Crippen molar-refractivity contribution in [1.82, 2.24) is 0 Å². The van der Waals surface area contributed by atoms with Crippen LogP contribution in [0.5, 0.6) is 0 Å². The minimum Gasteiger partial charge on any atom is -0.193 e. The van der Waals surface area contributed by atoms with E-state index in [1.807, 2.05) is 30.3 Å². The van der Waals surface area contributed by atoms with Crippen molar-refractivity contribution in [2.75, 3.05) is 0 Å². The first-order chi connectivity index (χ1) is 5.34. The normalized spacial score (nSPS) is 9.82. The highest BCUT2D eigenvalue weighted by Crippen LogP contribution is 2.13. The molecule has 0 aliphatic carbocycles. The summed E-state index contributed by atoms with van der Waals surface area (Å²) in [4.78, 5) is 0.888. The second kappa shape index (κ2) is 3.85. The van der Waals surface area contributed by atoms with Crippen molar-refractivity contribution in [2.24, 2.45) is 0 Å². The Balaban J connectivity index is 2.97. The quantitative estimate of drug-likeness (QED) is 0.496. The third kappa shape index (κ3) is 2.14. The molecule has 54 valence electrons. The van der Waals surface area contributed by atoms with Crippen LogP contribution in [0.2, 0.25) is 0 Å². The molecule has 0 bridgehead atoms. The highest BCUT2D eigenvalue weighted by atomic mass is 32.1. The minimum absolute atomic E-state index is 0.888. The zero-order valence-corrected chi connectivity index (χ0v) is 6.75. The third-order valence-corrected chi connectivity index (χ3v) is 1.68. The van der Waals surface area contributed by atoms with E-state index in [1.165, 1.54) is 6.08 Å². The fraction of sp³-hybridized carbons (Fsp3) is 0. The molecule has 1 aromatic rings. The second-order valence-electron chi connectivity index (χ2n) is 2.02. The Labute approximate surface area is 71.4 Å². The molecule has 0 unspecified atom stereocenters. The van der Waals surface area contributed by atoms with Crippen LogP contribution in [-0.2, 0) is 0 Å². The molecule has 2 heteroatoms. The van der Waals surface area contributed by atoms with Gasteiger partial charge >= 0.3 is 0 Å². The number of hydrogen-bond acceptors (Lipinski definition) is 2. The van der Waals surface area contributed by atoms with E-state index in [1.54, 1.807) is 6.08 Å². The topological polar surface area (TPSA) is 23.8 Å². The van der Waals surface area contributed by atoms with Gasteiger partial charge in [0.05, 0.1) is 6.07 Å². The molecule has 0 saturated heterocycles. The number of benzene rings is 1. The van der Waals surface area contributed by atoms with Crippen LogP contribution < -0.4 is 0 Å². The smallest absolute Gasteiger partial charge is 0.0912 e. The first kappa shape index (κ1) is 7.90. The molecule has 1 aromatic carbocycles. The predicted octanol–water partition coefficient (Wildman–Crippen LogP) is 2.51. The maximum atomic E-state index is 8.26. The summed E-state index contributed by atoms with van der Waals surface area (Å²) in [6, 6.07) is 9.55. The molecule has 0 N–H and O–H groups in total. The SMILES string of the molecule is N#CC=Cc1ccccc1S. The Hall–Kier alpha value is -1.20. The monoisotopic (exact) mass is 161 g/mol. The van der Waals surface area contributed by atoms with E-state index in [0.29, 0.717) is 0 Å². The Kier molecular flexibility index (Phi) is 2.76. The van der Waals surface area contributed by atoms with Gasteiger partial charge in [-0.2, -0.15) is 5.26 Å². The van der Waals surface area contributed by atoms with Gasteiger partial charge in [-0.25, -0.2) is 0 Å². The largest absolute Gasteiger partial charge is 0.193 e. The standard InChI is InChI=1S/C9H7NS/c10-7-3-5-8-4-1-2-6-9(8)11/h1-6,11H. The van der Waals surface area contributed by atoms with Gasteiger partial charge in [0.1, 0.15) is 0 Å². The van der Waals surface area contributed by atoms with Crippen LogP contribution in [0, 0.1) is 11.3 Å². The maximum absolute atomic E-state index is 8.26. The third-order valence-electron chi connectivity index (χ3n) is 1.27. The molecule has 0 aliphatic rings. The number of thiol groups is 1. The molecule has 0 amide bonds. The summed E-state index contributed by atoms with van der Waals surface area (Å²) in [6.07, 6.45) is 3.18. The first-order valence-electron chi connectivity index (χ1n) is 3.19.